The summed E-state index contributed by atoms with van der Waals surface area (Å²) >= 11 is 0. The molecule has 24 heavy (non-hydrogen) atoms. The fourth-order valence-corrected chi connectivity index (χ4v) is 3.99. The van der Waals surface area contributed by atoms with Gasteiger partial charge in [0.15, 0.2) is 5.44 Å². The monoisotopic (exact) mass is 343 g/mol. The zero-order chi connectivity index (χ0) is 16.8. The number of β-lactam (4-membered cyclic amide) rings is 1. The predicted molar refractivity (Wildman–Crippen MR) is 94.9 cm³/mol. The third kappa shape index (κ3) is 4.68. The molecule has 1 saturated heterocycles. The minimum atomic E-state index is -1.15. The molecule has 1 heterocycles. The molecule has 5 heteroatoms. The van der Waals surface area contributed by atoms with Gasteiger partial charge < -0.3 is 10.1 Å². The van der Waals surface area contributed by atoms with E-state index in [9.17, 15) is 9.00 Å². The first-order valence-electron chi connectivity index (χ1n) is 8.13. The molecule has 4 nitrogen and oxygen atoms in total. The highest BCUT2D eigenvalue weighted by Gasteiger charge is 2.28. The van der Waals surface area contributed by atoms with E-state index in [0.717, 1.165) is 17.7 Å². The predicted octanol–water partition coefficient (Wildman–Crippen LogP) is 3.01. The summed E-state index contributed by atoms with van der Waals surface area (Å²) < 4.78 is 18.8. The maximum Gasteiger partial charge on any atom is 0.222 e. The van der Waals surface area contributed by atoms with Gasteiger partial charge in [0.25, 0.3) is 0 Å². The first-order valence-corrected chi connectivity index (χ1v) is 9.51. The molecule has 0 spiro atoms. The first-order chi connectivity index (χ1) is 11.7. The molecule has 0 radical (unpaired) electrons. The van der Waals surface area contributed by atoms with Gasteiger partial charge in [0, 0.05) is 12.5 Å². The third-order valence-electron chi connectivity index (χ3n) is 4.00. The lowest BCUT2D eigenvalue weighted by atomic mass is 10.0. The van der Waals surface area contributed by atoms with Crippen molar-refractivity contribution in [3.8, 4) is 5.75 Å². The van der Waals surface area contributed by atoms with Gasteiger partial charge in [0.05, 0.1) is 16.6 Å². The van der Waals surface area contributed by atoms with E-state index in [0.29, 0.717) is 18.6 Å². The van der Waals surface area contributed by atoms with Crippen molar-refractivity contribution in [1.82, 2.24) is 5.32 Å². The van der Waals surface area contributed by atoms with Crippen molar-refractivity contribution < 1.29 is 13.7 Å². The molecule has 0 aromatic heterocycles. The second-order valence-corrected chi connectivity index (χ2v) is 7.49. The van der Waals surface area contributed by atoms with E-state index in [-0.39, 0.29) is 17.4 Å². The topological polar surface area (TPSA) is 55.4 Å². The Hall–Kier alpha value is -2.14. The Labute approximate surface area is 144 Å². The fraction of sp³-hybridized carbons (Fsp3) is 0.316. The van der Waals surface area contributed by atoms with E-state index in [1.54, 1.807) is 0 Å². The maximum absolute atomic E-state index is 12.8. The molecular formula is C19H21NO3S. The van der Waals surface area contributed by atoms with Crippen molar-refractivity contribution in [3.63, 3.8) is 0 Å². The second-order valence-electron chi connectivity index (χ2n) is 5.92. The van der Waals surface area contributed by atoms with Crippen LogP contribution in [-0.4, -0.2) is 21.6 Å². The van der Waals surface area contributed by atoms with E-state index < -0.39 is 10.8 Å². The summed E-state index contributed by atoms with van der Waals surface area (Å²) in [6.07, 6.45) is 1.99. The van der Waals surface area contributed by atoms with Gasteiger partial charge in [-0.05, 0) is 30.5 Å². The van der Waals surface area contributed by atoms with Crippen LogP contribution in [0.4, 0.5) is 0 Å². The summed E-state index contributed by atoms with van der Waals surface area (Å²) in [6, 6.07) is 19.5. The average molecular weight is 343 g/mol. The second kappa shape index (κ2) is 8.11. The van der Waals surface area contributed by atoms with Crippen LogP contribution in [0.25, 0.3) is 0 Å². The molecule has 1 amide bonds. The number of ether oxygens (including phenoxy) is 1. The van der Waals surface area contributed by atoms with Crippen LogP contribution in [0.3, 0.4) is 0 Å². The molecule has 0 saturated carbocycles. The number of nitrogens with one attached hydrogen (secondary N) is 1. The van der Waals surface area contributed by atoms with Crippen LogP contribution in [0.1, 0.15) is 24.8 Å². The molecule has 3 atom stereocenters. The number of carbonyl (C=O) groups excluding carboxylic acids is 1. The van der Waals surface area contributed by atoms with Crippen molar-refractivity contribution in [2.24, 2.45) is 0 Å². The lowest BCUT2D eigenvalue weighted by Gasteiger charge is -2.28. The number of hydrogen-bond donors (Lipinski definition) is 1. The van der Waals surface area contributed by atoms with E-state index in [1.807, 2.05) is 60.7 Å². The van der Waals surface area contributed by atoms with Crippen LogP contribution in [0.5, 0.6) is 5.75 Å². The van der Waals surface area contributed by atoms with Gasteiger partial charge in [-0.3, -0.25) is 9.00 Å². The van der Waals surface area contributed by atoms with Crippen LogP contribution in [0, 0.1) is 0 Å². The highest BCUT2D eigenvalue weighted by molar-refractivity contribution is 7.84. The standard InChI is InChI=1S/C19H21NO3S/c21-18-13-16(20-18)11-12-19(23-17-9-5-2-6-10-17)24(22)14-15-7-3-1-4-8-15/h1-10,16,19H,11-14H2,(H,20,21). The summed E-state index contributed by atoms with van der Waals surface area (Å²) in [7, 11) is -1.15. The zero-order valence-corrected chi connectivity index (χ0v) is 14.2. The van der Waals surface area contributed by atoms with Gasteiger partial charge in [0.1, 0.15) is 5.75 Å². The number of benzene rings is 2. The van der Waals surface area contributed by atoms with E-state index in [1.165, 1.54) is 0 Å². The smallest absolute Gasteiger partial charge is 0.222 e. The molecular weight excluding hydrogens is 322 g/mol. The lowest BCUT2D eigenvalue weighted by molar-refractivity contribution is -0.128. The molecule has 1 aliphatic rings. The van der Waals surface area contributed by atoms with Gasteiger partial charge >= 0.3 is 0 Å². The van der Waals surface area contributed by atoms with Gasteiger partial charge in [-0.2, -0.15) is 0 Å². The van der Waals surface area contributed by atoms with Crippen molar-refractivity contribution in [2.75, 3.05) is 0 Å². The molecule has 1 fully saturated rings. The van der Waals surface area contributed by atoms with Crippen molar-refractivity contribution in [1.29, 1.82) is 0 Å². The largest absolute Gasteiger partial charge is 0.477 e. The highest BCUT2D eigenvalue weighted by Crippen LogP contribution is 2.21. The molecule has 2 aromatic carbocycles. The molecule has 126 valence electrons. The Morgan fingerprint density at radius 1 is 1.08 bits per heavy atom. The Kier molecular flexibility index (Phi) is 5.64. The minimum absolute atomic E-state index is 0.0888. The van der Waals surface area contributed by atoms with Crippen LogP contribution >= 0.6 is 0 Å². The van der Waals surface area contributed by atoms with E-state index >= 15 is 0 Å². The summed E-state index contributed by atoms with van der Waals surface area (Å²) in [4.78, 5) is 11.0. The average Bonchev–Trinajstić information content (AvgIpc) is 2.58. The normalized spacial score (nSPS) is 19.0. The number of hydrogen-bond acceptors (Lipinski definition) is 3. The quantitative estimate of drug-likeness (QED) is 0.750. The summed E-state index contributed by atoms with van der Waals surface area (Å²) in [5.41, 5.74) is 0.652. The summed E-state index contributed by atoms with van der Waals surface area (Å²) in [5, 5.41) is 2.86. The summed E-state index contributed by atoms with van der Waals surface area (Å²) in [6.45, 7) is 0. The number of rotatable bonds is 8. The molecule has 2 aromatic rings. The number of para-hydroxylation sites is 1. The summed E-state index contributed by atoms with van der Waals surface area (Å²) in [5.74, 6) is 1.28. The first kappa shape index (κ1) is 16.7. The maximum atomic E-state index is 12.8. The Balaban J connectivity index is 1.63. The lowest BCUT2D eigenvalue weighted by Crippen LogP contribution is -2.48. The van der Waals surface area contributed by atoms with E-state index in [4.69, 9.17) is 4.74 Å². The number of amides is 1. The fourth-order valence-electron chi connectivity index (χ4n) is 2.67. The van der Waals surface area contributed by atoms with Gasteiger partial charge in [-0.15, -0.1) is 0 Å². The third-order valence-corrected chi connectivity index (χ3v) is 5.54. The van der Waals surface area contributed by atoms with Crippen LogP contribution < -0.4 is 10.1 Å². The number of carbonyl (C=O) groups is 1. The van der Waals surface area contributed by atoms with Gasteiger partial charge in [0.2, 0.25) is 5.91 Å². The molecule has 1 aliphatic heterocycles. The van der Waals surface area contributed by atoms with Crippen LogP contribution in [0.2, 0.25) is 0 Å². The van der Waals surface area contributed by atoms with Crippen LogP contribution in [-0.2, 0) is 21.3 Å². The van der Waals surface area contributed by atoms with Crippen molar-refractivity contribution in [3.05, 3.63) is 66.2 Å². The zero-order valence-electron chi connectivity index (χ0n) is 13.4. The highest BCUT2D eigenvalue weighted by atomic mass is 32.2. The minimum Gasteiger partial charge on any atom is -0.477 e. The molecule has 3 rings (SSSR count). The van der Waals surface area contributed by atoms with E-state index in [2.05, 4.69) is 5.32 Å². The van der Waals surface area contributed by atoms with Crippen molar-refractivity contribution >= 4 is 16.7 Å². The van der Waals surface area contributed by atoms with Crippen LogP contribution in [0.15, 0.2) is 60.7 Å². The Morgan fingerprint density at radius 2 is 1.71 bits per heavy atom. The molecule has 1 N–H and O–H groups in total. The Morgan fingerprint density at radius 3 is 2.33 bits per heavy atom. The van der Waals surface area contributed by atoms with Gasteiger partial charge in [-0.1, -0.05) is 48.5 Å². The van der Waals surface area contributed by atoms with Gasteiger partial charge in [-0.25, -0.2) is 0 Å². The molecule has 0 bridgehead atoms. The Bertz CT molecular complexity index is 682. The molecule has 3 unspecified atom stereocenters. The SMILES string of the molecule is O=C1CC(CCC(Oc2ccccc2)S(=O)Cc2ccccc2)N1. The molecule has 0 aliphatic carbocycles. The van der Waals surface area contributed by atoms with Crippen molar-refractivity contribution in [2.45, 2.75) is 36.5 Å².